The van der Waals surface area contributed by atoms with Gasteiger partial charge in [0.15, 0.2) is 5.13 Å². The molecule has 1 aromatic heterocycles. The first kappa shape index (κ1) is 23.0. The summed E-state index contributed by atoms with van der Waals surface area (Å²) in [6.45, 7) is 2.07. The number of carbonyl (C=O) groups excluding carboxylic acids is 2. The number of nitrogens with one attached hydrogen (secondary N) is 1. The van der Waals surface area contributed by atoms with Crippen molar-refractivity contribution in [2.45, 2.75) is 13.3 Å². The van der Waals surface area contributed by atoms with Crippen LogP contribution in [0.3, 0.4) is 0 Å². The number of amides is 1. The third-order valence-corrected chi connectivity index (χ3v) is 5.41. The SMILES string of the molecule is CCOC(=O)Cc1sc(NC(=O)/C=C/c2cc(OC)ccc2OC)nc1-c1ccccc1. The van der Waals surface area contributed by atoms with Gasteiger partial charge in [-0.2, -0.15) is 0 Å². The van der Waals surface area contributed by atoms with Crippen molar-refractivity contribution in [1.29, 1.82) is 0 Å². The molecule has 0 atom stereocenters. The van der Waals surface area contributed by atoms with E-state index in [4.69, 9.17) is 14.2 Å². The number of ether oxygens (including phenoxy) is 3. The topological polar surface area (TPSA) is 86.8 Å². The van der Waals surface area contributed by atoms with Crippen LogP contribution in [-0.4, -0.2) is 37.7 Å². The Bertz CT molecular complexity index is 1110. The first-order chi connectivity index (χ1) is 15.5. The highest BCUT2D eigenvalue weighted by molar-refractivity contribution is 7.16. The summed E-state index contributed by atoms with van der Waals surface area (Å²) in [4.78, 5) is 29.8. The molecule has 0 fully saturated rings. The number of hydrogen-bond acceptors (Lipinski definition) is 7. The normalized spacial score (nSPS) is 10.7. The van der Waals surface area contributed by atoms with Crippen molar-refractivity contribution in [3.05, 3.63) is 65.0 Å². The van der Waals surface area contributed by atoms with Crippen LogP contribution in [0.2, 0.25) is 0 Å². The Kier molecular flexibility index (Phi) is 7.99. The lowest BCUT2D eigenvalue weighted by Gasteiger charge is -2.07. The van der Waals surface area contributed by atoms with Crippen LogP contribution in [0.4, 0.5) is 5.13 Å². The van der Waals surface area contributed by atoms with Crippen LogP contribution in [0.15, 0.2) is 54.6 Å². The number of aromatic nitrogens is 1. The molecule has 0 aliphatic rings. The second kappa shape index (κ2) is 11.1. The molecular weight excluding hydrogens is 428 g/mol. The third kappa shape index (κ3) is 5.95. The van der Waals surface area contributed by atoms with Crippen LogP contribution in [-0.2, 0) is 20.7 Å². The highest BCUT2D eigenvalue weighted by Crippen LogP contribution is 2.32. The first-order valence-corrected chi connectivity index (χ1v) is 10.8. The maximum absolute atomic E-state index is 12.5. The summed E-state index contributed by atoms with van der Waals surface area (Å²) in [5.74, 6) is 0.580. The van der Waals surface area contributed by atoms with Gasteiger partial charge in [0.1, 0.15) is 11.5 Å². The largest absolute Gasteiger partial charge is 0.497 e. The Morgan fingerprint density at radius 2 is 1.88 bits per heavy atom. The third-order valence-electron chi connectivity index (χ3n) is 4.44. The minimum absolute atomic E-state index is 0.0858. The van der Waals surface area contributed by atoms with Crippen LogP contribution in [0, 0.1) is 0 Å². The standard InChI is InChI=1S/C24H24N2O5S/c1-4-31-22(28)15-20-23(16-8-6-5-7-9-16)26-24(32-20)25-21(27)13-10-17-14-18(29-2)11-12-19(17)30-3/h5-14H,4,15H2,1-3H3,(H,25,26,27)/b13-10+. The van der Waals surface area contributed by atoms with Gasteiger partial charge in [0, 0.05) is 22.1 Å². The maximum Gasteiger partial charge on any atom is 0.311 e. The second-order valence-electron chi connectivity index (χ2n) is 6.57. The van der Waals surface area contributed by atoms with E-state index in [1.807, 2.05) is 30.3 Å². The predicted molar refractivity (Wildman–Crippen MR) is 125 cm³/mol. The van der Waals surface area contributed by atoms with Crippen LogP contribution in [0.1, 0.15) is 17.4 Å². The number of nitrogens with zero attached hydrogens (tertiary/aromatic N) is 1. The van der Waals surface area contributed by atoms with Gasteiger partial charge in [-0.1, -0.05) is 30.3 Å². The zero-order chi connectivity index (χ0) is 22.9. The van der Waals surface area contributed by atoms with E-state index < -0.39 is 0 Å². The van der Waals surface area contributed by atoms with Gasteiger partial charge in [-0.3, -0.25) is 14.9 Å². The van der Waals surface area contributed by atoms with Gasteiger partial charge in [-0.05, 0) is 31.2 Å². The number of benzene rings is 2. The summed E-state index contributed by atoms with van der Waals surface area (Å²) < 4.78 is 15.6. The quantitative estimate of drug-likeness (QED) is 0.378. The fourth-order valence-corrected chi connectivity index (χ4v) is 3.94. The molecule has 0 saturated heterocycles. The maximum atomic E-state index is 12.5. The van der Waals surface area contributed by atoms with Gasteiger partial charge < -0.3 is 14.2 Å². The van der Waals surface area contributed by atoms with Crippen LogP contribution < -0.4 is 14.8 Å². The number of rotatable bonds is 9. The van der Waals surface area contributed by atoms with Gasteiger partial charge in [-0.15, -0.1) is 11.3 Å². The van der Waals surface area contributed by atoms with Crippen LogP contribution in [0.25, 0.3) is 17.3 Å². The molecule has 0 saturated carbocycles. The minimum atomic E-state index is -0.356. The summed E-state index contributed by atoms with van der Waals surface area (Å²) >= 11 is 1.25. The predicted octanol–water partition coefficient (Wildman–Crippen LogP) is 4.58. The van der Waals surface area contributed by atoms with Crippen molar-refractivity contribution in [3.8, 4) is 22.8 Å². The molecule has 1 amide bonds. The minimum Gasteiger partial charge on any atom is -0.497 e. The molecule has 7 nitrogen and oxygen atoms in total. The smallest absolute Gasteiger partial charge is 0.311 e. The molecule has 0 spiro atoms. The van der Waals surface area contributed by atoms with Gasteiger partial charge in [-0.25, -0.2) is 4.98 Å². The zero-order valence-electron chi connectivity index (χ0n) is 18.1. The fraction of sp³-hybridized carbons (Fsp3) is 0.208. The number of carbonyl (C=O) groups is 2. The summed E-state index contributed by atoms with van der Waals surface area (Å²) in [6, 6.07) is 14.8. The Labute approximate surface area is 190 Å². The average molecular weight is 453 g/mol. The van der Waals surface area contributed by atoms with Crippen LogP contribution in [0.5, 0.6) is 11.5 Å². The lowest BCUT2D eigenvalue weighted by atomic mass is 10.1. The molecule has 0 aliphatic heterocycles. The van der Waals surface area contributed by atoms with E-state index in [1.165, 1.54) is 17.4 Å². The molecule has 166 valence electrons. The Hall–Kier alpha value is -3.65. The van der Waals surface area contributed by atoms with Crippen molar-refractivity contribution in [3.63, 3.8) is 0 Å². The highest BCUT2D eigenvalue weighted by Gasteiger charge is 2.17. The van der Waals surface area contributed by atoms with Crippen molar-refractivity contribution >= 4 is 34.4 Å². The van der Waals surface area contributed by atoms with E-state index in [2.05, 4.69) is 10.3 Å². The molecule has 1 heterocycles. The Morgan fingerprint density at radius 1 is 1.09 bits per heavy atom. The highest BCUT2D eigenvalue weighted by atomic mass is 32.1. The zero-order valence-corrected chi connectivity index (χ0v) is 18.9. The molecule has 2 aromatic carbocycles. The Morgan fingerprint density at radius 3 is 2.56 bits per heavy atom. The average Bonchev–Trinajstić information content (AvgIpc) is 3.19. The number of anilines is 1. The van der Waals surface area contributed by atoms with Crippen molar-refractivity contribution in [1.82, 2.24) is 4.98 Å². The summed E-state index contributed by atoms with van der Waals surface area (Å²) in [5.41, 5.74) is 2.21. The van der Waals surface area contributed by atoms with E-state index in [9.17, 15) is 9.59 Å². The molecule has 3 aromatic rings. The van der Waals surface area contributed by atoms with Crippen molar-refractivity contribution in [2.24, 2.45) is 0 Å². The summed E-state index contributed by atoms with van der Waals surface area (Å²) in [6.07, 6.45) is 3.12. The van der Waals surface area contributed by atoms with Gasteiger partial charge >= 0.3 is 5.97 Å². The molecule has 0 bridgehead atoms. The molecule has 0 radical (unpaired) electrons. The van der Waals surface area contributed by atoms with Gasteiger partial charge in [0.25, 0.3) is 0 Å². The fourth-order valence-electron chi connectivity index (χ4n) is 2.97. The number of hydrogen-bond donors (Lipinski definition) is 1. The number of esters is 1. The van der Waals surface area contributed by atoms with Gasteiger partial charge in [0.2, 0.25) is 5.91 Å². The van der Waals surface area contributed by atoms with E-state index in [1.54, 1.807) is 45.4 Å². The Balaban J connectivity index is 1.81. The molecule has 32 heavy (non-hydrogen) atoms. The van der Waals surface area contributed by atoms with E-state index >= 15 is 0 Å². The summed E-state index contributed by atoms with van der Waals surface area (Å²) in [7, 11) is 3.13. The van der Waals surface area contributed by atoms with E-state index in [-0.39, 0.29) is 18.3 Å². The molecule has 1 N–H and O–H groups in total. The number of methoxy groups -OCH3 is 2. The van der Waals surface area contributed by atoms with Crippen molar-refractivity contribution in [2.75, 3.05) is 26.1 Å². The molecule has 3 rings (SSSR count). The second-order valence-corrected chi connectivity index (χ2v) is 7.65. The van der Waals surface area contributed by atoms with Gasteiger partial charge in [0.05, 0.1) is 32.9 Å². The molecule has 0 unspecified atom stereocenters. The molecule has 0 aliphatic carbocycles. The monoisotopic (exact) mass is 452 g/mol. The number of thiazole rings is 1. The van der Waals surface area contributed by atoms with Crippen LogP contribution >= 0.6 is 11.3 Å². The van der Waals surface area contributed by atoms with Crippen molar-refractivity contribution < 1.29 is 23.8 Å². The summed E-state index contributed by atoms with van der Waals surface area (Å²) in [5, 5.41) is 3.17. The lowest BCUT2D eigenvalue weighted by molar-refractivity contribution is -0.142. The first-order valence-electron chi connectivity index (χ1n) is 9.95. The molecule has 8 heteroatoms. The molecular formula is C24H24N2O5S. The lowest BCUT2D eigenvalue weighted by Crippen LogP contribution is -2.07. The van der Waals surface area contributed by atoms with E-state index in [0.717, 1.165) is 10.4 Å². The van der Waals surface area contributed by atoms with E-state index in [0.29, 0.717) is 34.5 Å².